The molecule has 2 aliphatic rings. The Morgan fingerprint density at radius 3 is 2.66 bits per heavy atom. The number of aromatic nitrogens is 1. The first-order valence-corrected chi connectivity index (χ1v) is 12.5. The van der Waals surface area contributed by atoms with E-state index in [1.165, 1.54) is 24.5 Å². The maximum absolute atomic E-state index is 13.4. The van der Waals surface area contributed by atoms with Crippen LogP contribution < -0.4 is 15.8 Å². The van der Waals surface area contributed by atoms with E-state index in [0.29, 0.717) is 33.3 Å². The molecule has 2 fully saturated rings. The molecule has 0 aliphatic carbocycles. The summed E-state index contributed by atoms with van der Waals surface area (Å²) in [6.45, 7) is 0.530. The van der Waals surface area contributed by atoms with Crippen molar-refractivity contribution in [2.45, 2.75) is 63.0 Å². The number of amides is 1. The summed E-state index contributed by atoms with van der Waals surface area (Å²) in [5.74, 6) is 0.305. The molecule has 1 amide bonds. The average molecular weight is 505 g/mol. The number of nitrogens with zero attached hydrogens (tertiary/aromatic N) is 2. The van der Waals surface area contributed by atoms with Gasteiger partial charge in [0.1, 0.15) is 10.8 Å². The minimum absolute atomic E-state index is 0.0322. The van der Waals surface area contributed by atoms with E-state index in [-0.39, 0.29) is 29.5 Å². The summed E-state index contributed by atoms with van der Waals surface area (Å²) in [5.41, 5.74) is 6.18. The van der Waals surface area contributed by atoms with Gasteiger partial charge < -0.3 is 15.8 Å². The fourth-order valence-corrected chi connectivity index (χ4v) is 6.43. The summed E-state index contributed by atoms with van der Waals surface area (Å²) in [4.78, 5) is 19.6. The van der Waals surface area contributed by atoms with Gasteiger partial charge in [-0.15, -0.1) is 11.3 Å². The highest BCUT2D eigenvalue weighted by Gasteiger charge is 2.39. The molecule has 2 bridgehead atoms. The van der Waals surface area contributed by atoms with E-state index in [4.69, 9.17) is 10.5 Å². The Labute approximate surface area is 205 Å². The van der Waals surface area contributed by atoms with Crippen LogP contribution in [0.2, 0.25) is 0 Å². The van der Waals surface area contributed by atoms with Gasteiger partial charge in [0.2, 0.25) is 0 Å². The Morgan fingerprint density at radius 1 is 1.23 bits per heavy atom. The van der Waals surface area contributed by atoms with Gasteiger partial charge in [-0.3, -0.25) is 9.69 Å². The Kier molecular flexibility index (Phi) is 6.35. The number of fused-ring (bicyclic) bond motifs is 3. The number of hydrogen-bond acceptors (Lipinski definition) is 6. The number of carbonyl (C=O) groups is 1. The molecule has 5 rings (SSSR count). The normalized spacial score (nSPS) is 22.8. The fraction of sp³-hybridized carbons (Fsp3) is 0.440. The van der Waals surface area contributed by atoms with Gasteiger partial charge in [-0.05, 0) is 56.0 Å². The molecule has 1 aromatic heterocycles. The monoisotopic (exact) mass is 504 g/mol. The maximum Gasteiger partial charge on any atom is 0.418 e. The van der Waals surface area contributed by atoms with Gasteiger partial charge in [-0.2, -0.15) is 13.2 Å². The molecule has 35 heavy (non-hydrogen) atoms. The van der Waals surface area contributed by atoms with Crippen LogP contribution >= 0.6 is 11.3 Å². The molecular formula is C25H27F3N4O2S. The number of nitrogen functional groups attached to an aromatic ring is 1. The van der Waals surface area contributed by atoms with E-state index in [1.54, 1.807) is 24.3 Å². The van der Waals surface area contributed by atoms with Crippen molar-refractivity contribution in [3.63, 3.8) is 0 Å². The predicted octanol–water partition coefficient (Wildman–Crippen LogP) is 5.22. The van der Waals surface area contributed by atoms with Crippen molar-refractivity contribution >= 4 is 33.1 Å². The van der Waals surface area contributed by atoms with Crippen molar-refractivity contribution in [2.24, 2.45) is 0 Å². The second kappa shape index (κ2) is 9.31. The van der Waals surface area contributed by atoms with E-state index < -0.39 is 11.7 Å². The van der Waals surface area contributed by atoms with Crippen LogP contribution in [0.1, 0.15) is 53.0 Å². The van der Waals surface area contributed by atoms with Crippen LogP contribution in [0.15, 0.2) is 36.4 Å². The Morgan fingerprint density at radius 2 is 1.97 bits per heavy atom. The lowest BCUT2D eigenvalue weighted by atomic mass is 9.81. The van der Waals surface area contributed by atoms with Gasteiger partial charge in [0.25, 0.3) is 5.91 Å². The van der Waals surface area contributed by atoms with Gasteiger partial charge in [0, 0.05) is 23.7 Å². The summed E-state index contributed by atoms with van der Waals surface area (Å²) in [6, 6.07) is 9.75. The molecule has 2 aliphatic heterocycles. The van der Waals surface area contributed by atoms with Crippen molar-refractivity contribution in [3.8, 4) is 5.75 Å². The number of methoxy groups -OCH3 is 1. The second-order valence-corrected chi connectivity index (χ2v) is 10.4. The lowest BCUT2D eigenvalue weighted by molar-refractivity contribution is -0.136. The number of anilines is 1. The highest BCUT2D eigenvalue weighted by atomic mass is 32.1. The predicted molar refractivity (Wildman–Crippen MR) is 129 cm³/mol. The number of rotatable bonds is 5. The van der Waals surface area contributed by atoms with Crippen LogP contribution in [-0.4, -0.2) is 41.0 Å². The molecule has 0 saturated carbocycles. The van der Waals surface area contributed by atoms with Crippen LogP contribution in [0, 0.1) is 0 Å². The van der Waals surface area contributed by atoms with E-state index in [2.05, 4.69) is 15.2 Å². The molecule has 2 atom stereocenters. The second-order valence-electron chi connectivity index (χ2n) is 9.27. The number of ether oxygens (including phenoxy) is 1. The Hall–Kier alpha value is -2.85. The van der Waals surface area contributed by atoms with E-state index >= 15 is 0 Å². The number of carbonyl (C=O) groups excluding carboxylic acids is 1. The number of halogens is 3. The molecule has 3 N–H and O–H groups in total. The molecule has 2 saturated heterocycles. The number of thiazole rings is 1. The molecule has 2 aromatic carbocycles. The van der Waals surface area contributed by atoms with Crippen molar-refractivity contribution in [1.29, 1.82) is 0 Å². The van der Waals surface area contributed by atoms with Gasteiger partial charge in [0.05, 0.1) is 35.1 Å². The summed E-state index contributed by atoms with van der Waals surface area (Å²) in [6.07, 6.45) is 0.279. The number of nitrogens with two attached hydrogens (primary N) is 1. The third-order valence-corrected chi connectivity index (χ3v) is 8.05. The van der Waals surface area contributed by atoms with Gasteiger partial charge in [-0.25, -0.2) is 4.98 Å². The summed E-state index contributed by atoms with van der Waals surface area (Å²) >= 11 is 1.33. The Bertz CT molecular complexity index is 1230. The van der Waals surface area contributed by atoms with Crippen LogP contribution in [0.5, 0.6) is 5.75 Å². The molecule has 3 aromatic rings. The standard InChI is InChI=1S/C25H27F3N4O2S/c1-34-20-10-14(8-9-19(20)29)24(33)30-15-11-16-4-2-5-17(12-15)32(16)13-22-31-23-18(25(26,27)28)6-3-7-21(23)35-22/h3,6-10,15-17H,2,4-5,11-13,29H2,1H3,(H,30,33). The van der Waals surface area contributed by atoms with E-state index in [1.807, 2.05) is 0 Å². The lowest BCUT2D eigenvalue weighted by Gasteiger charge is -2.48. The molecule has 10 heteroatoms. The Balaban J connectivity index is 1.29. The average Bonchev–Trinajstić information content (AvgIpc) is 3.21. The maximum atomic E-state index is 13.4. The topological polar surface area (TPSA) is 80.5 Å². The first-order valence-electron chi connectivity index (χ1n) is 11.7. The minimum atomic E-state index is -4.42. The van der Waals surface area contributed by atoms with E-state index in [9.17, 15) is 18.0 Å². The van der Waals surface area contributed by atoms with Crippen LogP contribution in [0.25, 0.3) is 10.2 Å². The van der Waals surface area contributed by atoms with Crippen molar-refractivity contribution in [1.82, 2.24) is 15.2 Å². The third-order valence-electron chi connectivity index (χ3n) is 7.04. The largest absolute Gasteiger partial charge is 0.495 e. The van der Waals surface area contributed by atoms with Crippen molar-refractivity contribution in [3.05, 3.63) is 52.5 Å². The number of piperidine rings is 2. The SMILES string of the molecule is COc1cc(C(=O)NC2CC3CCCC(C2)N3Cc2nc3c(C(F)(F)F)cccc3s2)ccc1N. The zero-order chi connectivity index (χ0) is 24.7. The van der Waals surface area contributed by atoms with Crippen LogP contribution in [-0.2, 0) is 12.7 Å². The van der Waals surface area contributed by atoms with E-state index in [0.717, 1.165) is 38.2 Å². The third kappa shape index (κ3) is 4.81. The molecule has 0 radical (unpaired) electrons. The van der Waals surface area contributed by atoms with Crippen molar-refractivity contribution in [2.75, 3.05) is 12.8 Å². The zero-order valence-electron chi connectivity index (χ0n) is 19.3. The van der Waals surface area contributed by atoms with Gasteiger partial charge in [0.15, 0.2) is 0 Å². The van der Waals surface area contributed by atoms with Crippen LogP contribution in [0.4, 0.5) is 18.9 Å². The molecule has 6 nitrogen and oxygen atoms in total. The highest BCUT2D eigenvalue weighted by molar-refractivity contribution is 7.18. The smallest absolute Gasteiger partial charge is 0.418 e. The molecule has 2 unspecified atom stereocenters. The fourth-order valence-electron chi connectivity index (χ4n) is 5.42. The summed E-state index contributed by atoms with van der Waals surface area (Å²) < 4.78 is 46.0. The molecule has 3 heterocycles. The van der Waals surface area contributed by atoms with Gasteiger partial charge in [-0.1, -0.05) is 12.5 Å². The first-order chi connectivity index (χ1) is 16.7. The minimum Gasteiger partial charge on any atom is -0.495 e. The quantitative estimate of drug-likeness (QED) is 0.466. The van der Waals surface area contributed by atoms with Crippen LogP contribution in [0.3, 0.4) is 0 Å². The zero-order valence-corrected chi connectivity index (χ0v) is 20.1. The number of hydrogen-bond donors (Lipinski definition) is 2. The van der Waals surface area contributed by atoms with Crippen molar-refractivity contribution < 1.29 is 22.7 Å². The lowest BCUT2D eigenvalue weighted by Crippen LogP contribution is -2.56. The summed E-state index contributed by atoms with van der Waals surface area (Å²) in [7, 11) is 1.51. The first kappa shape index (κ1) is 23.9. The highest BCUT2D eigenvalue weighted by Crippen LogP contribution is 2.39. The molecule has 0 spiro atoms. The molecule has 186 valence electrons. The summed E-state index contributed by atoms with van der Waals surface area (Å²) in [5, 5.41) is 3.86. The number of benzene rings is 2. The molecular weight excluding hydrogens is 477 g/mol. The van der Waals surface area contributed by atoms with Gasteiger partial charge >= 0.3 is 6.18 Å². The number of para-hydroxylation sites is 1. The number of alkyl halides is 3. The number of nitrogens with one attached hydrogen (secondary N) is 1.